The minimum Gasteiger partial charge on any atom is -0.385 e. The topological polar surface area (TPSA) is 56.9 Å². The lowest BCUT2D eigenvalue weighted by Crippen LogP contribution is -2.36. The van der Waals surface area contributed by atoms with Gasteiger partial charge in [0.1, 0.15) is 6.10 Å². The van der Waals surface area contributed by atoms with E-state index in [4.69, 9.17) is 0 Å². The zero-order valence-corrected chi connectivity index (χ0v) is 12.6. The van der Waals surface area contributed by atoms with Crippen molar-refractivity contribution in [3.8, 4) is 6.07 Å². The second-order valence-electron chi connectivity index (χ2n) is 7.07. The summed E-state index contributed by atoms with van der Waals surface area (Å²) in [7, 11) is 0. The van der Waals surface area contributed by atoms with Gasteiger partial charge in [0.15, 0.2) is 0 Å². The average Bonchev–Trinajstić information content (AvgIpc) is 2.46. The largest absolute Gasteiger partial charge is 0.385 e. The van der Waals surface area contributed by atoms with E-state index in [1.54, 1.807) is 12.3 Å². The van der Waals surface area contributed by atoms with E-state index in [9.17, 15) is 10.4 Å². The van der Waals surface area contributed by atoms with E-state index in [2.05, 4.69) is 31.8 Å². The Hall–Kier alpha value is -1.40. The fourth-order valence-electron chi connectivity index (χ4n) is 3.27. The maximum Gasteiger partial charge on any atom is 0.114 e. The van der Waals surface area contributed by atoms with Crippen LogP contribution in [0.5, 0.6) is 0 Å². The van der Waals surface area contributed by atoms with Gasteiger partial charge >= 0.3 is 0 Å². The van der Waals surface area contributed by atoms with Crippen LogP contribution < -0.4 is 0 Å². The zero-order valence-electron chi connectivity index (χ0n) is 12.6. The van der Waals surface area contributed by atoms with E-state index in [-0.39, 0.29) is 5.41 Å². The van der Waals surface area contributed by atoms with Crippen molar-refractivity contribution in [1.29, 1.82) is 5.26 Å². The van der Waals surface area contributed by atoms with E-state index < -0.39 is 11.5 Å². The molecule has 0 bridgehead atoms. The number of nitriles is 1. The third kappa shape index (κ3) is 2.86. The van der Waals surface area contributed by atoms with Crippen molar-refractivity contribution in [3.63, 3.8) is 0 Å². The van der Waals surface area contributed by atoms with Crippen molar-refractivity contribution in [1.82, 2.24) is 4.98 Å². The van der Waals surface area contributed by atoms with Crippen molar-refractivity contribution in [2.45, 2.75) is 52.6 Å². The molecule has 1 aromatic heterocycles. The first kappa shape index (κ1) is 15.0. The van der Waals surface area contributed by atoms with E-state index in [0.717, 1.165) is 25.7 Å². The highest BCUT2D eigenvalue weighted by Gasteiger charge is 2.44. The minimum absolute atomic E-state index is 0.275. The zero-order chi connectivity index (χ0) is 14.8. The lowest BCUT2D eigenvalue weighted by molar-refractivity contribution is 0.00598. The van der Waals surface area contributed by atoms with Crippen molar-refractivity contribution in [2.75, 3.05) is 0 Å². The van der Waals surface area contributed by atoms with Crippen LogP contribution in [0.1, 0.15) is 58.3 Å². The van der Waals surface area contributed by atoms with Crippen molar-refractivity contribution in [2.24, 2.45) is 16.7 Å². The van der Waals surface area contributed by atoms with Gasteiger partial charge < -0.3 is 5.11 Å². The number of aliphatic hydroxyl groups excluding tert-OH is 1. The van der Waals surface area contributed by atoms with Gasteiger partial charge in [0.2, 0.25) is 0 Å². The molecule has 1 N–H and O–H groups in total. The molecule has 0 aromatic carbocycles. The Morgan fingerprint density at radius 3 is 2.45 bits per heavy atom. The molecule has 1 aliphatic rings. The Bertz CT molecular complexity index is 476. The number of aliphatic hydroxyl groups is 1. The maximum absolute atomic E-state index is 10.6. The van der Waals surface area contributed by atoms with Gasteiger partial charge in [-0.3, -0.25) is 4.98 Å². The summed E-state index contributed by atoms with van der Waals surface area (Å²) in [4.78, 5) is 4.21. The highest BCUT2D eigenvalue weighted by Crippen LogP contribution is 2.50. The Morgan fingerprint density at radius 2 is 2.00 bits per heavy atom. The molecule has 1 aliphatic carbocycles. The van der Waals surface area contributed by atoms with E-state index in [0.29, 0.717) is 11.6 Å². The molecule has 0 aliphatic heterocycles. The Kier molecular flexibility index (Phi) is 4.15. The molecular formula is C17H24N2O. The van der Waals surface area contributed by atoms with Gasteiger partial charge in [0.25, 0.3) is 0 Å². The molecule has 3 heteroatoms. The number of nitrogens with zero attached hydrogens (tertiary/aromatic N) is 2. The second kappa shape index (κ2) is 5.54. The predicted molar refractivity (Wildman–Crippen MR) is 78.7 cm³/mol. The number of pyridine rings is 1. The number of hydrogen-bond donors (Lipinski definition) is 1. The normalized spacial score (nSPS) is 28.6. The number of rotatable bonds is 2. The summed E-state index contributed by atoms with van der Waals surface area (Å²) < 4.78 is 0. The van der Waals surface area contributed by atoms with Crippen LogP contribution in [0.15, 0.2) is 24.4 Å². The third-order valence-corrected chi connectivity index (χ3v) is 4.82. The van der Waals surface area contributed by atoms with Crippen LogP contribution in [-0.4, -0.2) is 10.1 Å². The number of aromatic nitrogens is 1. The molecule has 0 spiro atoms. The van der Waals surface area contributed by atoms with Crippen LogP contribution in [-0.2, 0) is 0 Å². The fraction of sp³-hybridized carbons (Fsp3) is 0.647. The van der Waals surface area contributed by atoms with Crippen LogP contribution >= 0.6 is 0 Å². The van der Waals surface area contributed by atoms with Crippen molar-refractivity contribution in [3.05, 3.63) is 30.1 Å². The summed E-state index contributed by atoms with van der Waals surface area (Å²) in [6.07, 6.45) is 4.40. The van der Waals surface area contributed by atoms with Gasteiger partial charge in [-0.1, -0.05) is 26.8 Å². The average molecular weight is 272 g/mol. The fourth-order valence-corrected chi connectivity index (χ4v) is 3.27. The molecule has 0 radical (unpaired) electrons. The molecule has 0 amide bonds. The molecule has 0 saturated heterocycles. The lowest BCUT2D eigenvalue weighted by Gasteiger charge is -2.42. The second-order valence-corrected chi connectivity index (χ2v) is 7.07. The Morgan fingerprint density at radius 1 is 1.35 bits per heavy atom. The summed E-state index contributed by atoms with van der Waals surface area (Å²) in [6.45, 7) is 6.77. The molecule has 1 fully saturated rings. The molecule has 2 rings (SSSR count). The summed E-state index contributed by atoms with van der Waals surface area (Å²) >= 11 is 0. The summed E-state index contributed by atoms with van der Waals surface area (Å²) in [5.41, 5.74) is 0.219. The molecule has 3 nitrogen and oxygen atoms in total. The van der Waals surface area contributed by atoms with E-state index >= 15 is 0 Å². The molecule has 1 heterocycles. The highest BCUT2D eigenvalue weighted by molar-refractivity contribution is 5.17. The standard InChI is InChI=1S/C17H24N2O/c1-16(2,3)13-7-9-17(12-18,10-8-13)15(20)14-6-4-5-11-19-14/h4-6,11,13,15,20H,7-10H2,1-3H3. The van der Waals surface area contributed by atoms with Gasteiger partial charge in [0.05, 0.1) is 17.2 Å². The first-order valence-electron chi connectivity index (χ1n) is 7.39. The number of hydrogen-bond acceptors (Lipinski definition) is 3. The molecule has 1 unspecified atom stereocenters. The summed E-state index contributed by atoms with van der Waals surface area (Å²) in [5, 5.41) is 20.2. The monoisotopic (exact) mass is 272 g/mol. The van der Waals surface area contributed by atoms with Crippen LogP contribution in [0, 0.1) is 28.1 Å². The molecular weight excluding hydrogens is 248 g/mol. The maximum atomic E-state index is 10.6. The Balaban J connectivity index is 2.16. The van der Waals surface area contributed by atoms with Gasteiger partial charge in [-0.05, 0) is 49.1 Å². The lowest BCUT2D eigenvalue weighted by atomic mass is 9.62. The van der Waals surface area contributed by atoms with Crippen molar-refractivity contribution >= 4 is 0 Å². The van der Waals surface area contributed by atoms with Crippen LogP contribution in [0.2, 0.25) is 0 Å². The third-order valence-electron chi connectivity index (χ3n) is 4.82. The Labute approximate surface area is 121 Å². The SMILES string of the molecule is CC(C)(C)C1CCC(C#N)(C(O)c2ccccn2)CC1. The first-order valence-corrected chi connectivity index (χ1v) is 7.39. The molecule has 1 aromatic rings. The van der Waals surface area contributed by atoms with Gasteiger partial charge in [-0.15, -0.1) is 0 Å². The first-order chi connectivity index (χ1) is 9.39. The smallest absolute Gasteiger partial charge is 0.114 e. The van der Waals surface area contributed by atoms with Gasteiger partial charge in [0, 0.05) is 6.20 Å². The van der Waals surface area contributed by atoms with E-state index in [1.807, 2.05) is 12.1 Å². The van der Waals surface area contributed by atoms with Crippen LogP contribution in [0.4, 0.5) is 0 Å². The minimum atomic E-state index is -0.783. The molecule has 1 saturated carbocycles. The predicted octanol–water partition coefficient (Wildman–Crippen LogP) is 3.86. The quantitative estimate of drug-likeness (QED) is 0.889. The van der Waals surface area contributed by atoms with Gasteiger partial charge in [-0.25, -0.2) is 0 Å². The van der Waals surface area contributed by atoms with Crippen LogP contribution in [0.3, 0.4) is 0 Å². The molecule has 20 heavy (non-hydrogen) atoms. The molecule has 108 valence electrons. The van der Waals surface area contributed by atoms with Crippen molar-refractivity contribution < 1.29 is 5.11 Å². The van der Waals surface area contributed by atoms with E-state index in [1.165, 1.54) is 0 Å². The van der Waals surface area contributed by atoms with Gasteiger partial charge in [-0.2, -0.15) is 5.26 Å². The highest BCUT2D eigenvalue weighted by atomic mass is 16.3. The molecule has 1 atom stereocenters. The summed E-state index contributed by atoms with van der Waals surface area (Å²) in [6, 6.07) is 7.89. The van der Waals surface area contributed by atoms with Crippen LogP contribution in [0.25, 0.3) is 0 Å². The summed E-state index contributed by atoms with van der Waals surface area (Å²) in [5.74, 6) is 0.625.